The van der Waals surface area contributed by atoms with Crippen LogP contribution in [0, 0.1) is 0 Å². The molecule has 54 valence electrons. The van der Waals surface area contributed by atoms with Crippen molar-refractivity contribution < 1.29 is 19.3 Å². The molecule has 0 bridgehead atoms. The number of hydrogen-bond acceptors (Lipinski definition) is 4. The Balaban J connectivity index is 2.47. The van der Waals surface area contributed by atoms with Crippen LogP contribution in [0.25, 0.3) is 0 Å². The molecule has 1 aliphatic heterocycles. The van der Waals surface area contributed by atoms with Crippen LogP contribution < -0.4 is 0 Å². The minimum absolute atomic E-state index is 0.0509. The van der Waals surface area contributed by atoms with Gasteiger partial charge >= 0.3 is 11.9 Å². The quantitative estimate of drug-likeness (QED) is 0.402. The molecule has 1 heterocycles. The first-order valence-electron chi connectivity index (χ1n) is 2.67. The zero-order chi connectivity index (χ0) is 7.40. The fourth-order valence-electron chi connectivity index (χ4n) is 0.446. The summed E-state index contributed by atoms with van der Waals surface area (Å²) in [7, 11) is 0. The van der Waals surface area contributed by atoms with Gasteiger partial charge in [0.1, 0.15) is 6.26 Å². The van der Waals surface area contributed by atoms with Crippen LogP contribution in [0.2, 0.25) is 0 Å². The van der Waals surface area contributed by atoms with Gasteiger partial charge in [0, 0.05) is 13.0 Å². The Morgan fingerprint density at radius 3 is 3.00 bits per heavy atom. The van der Waals surface area contributed by atoms with Crippen molar-refractivity contribution in [3.63, 3.8) is 0 Å². The SMILES string of the molecule is CC(=O)OC1=CC=COO1. The van der Waals surface area contributed by atoms with Gasteiger partial charge in [-0.15, -0.1) is 0 Å². The van der Waals surface area contributed by atoms with E-state index in [1.807, 2.05) is 0 Å². The zero-order valence-electron chi connectivity index (χ0n) is 5.37. The van der Waals surface area contributed by atoms with Gasteiger partial charge in [0.25, 0.3) is 0 Å². The van der Waals surface area contributed by atoms with E-state index in [2.05, 4.69) is 14.5 Å². The third-order valence-corrected chi connectivity index (χ3v) is 0.741. The van der Waals surface area contributed by atoms with Crippen LogP contribution in [0.3, 0.4) is 0 Å². The Bertz CT molecular complexity index is 192. The van der Waals surface area contributed by atoms with Gasteiger partial charge in [0.15, 0.2) is 0 Å². The van der Waals surface area contributed by atoms with Crippen molar-refractivity contribution in [3.05, 3.63) is 24.4 Å². The summed E-state index contributed by atoms with van der Waals surface area (Å²) >= 11 is 0. The van der Waals surface area contributed by atoms with Crippen molar-refractivity contribution in [2.24, 2.45) is 0 Å². The molecule has 0 fully saturated rings. The Kier molecular flexibility index (Phi) is 1.94. The first-order valence-corrected chi connectivity index (χ1v) is 2.67. The smallest absolute Gasteiger partial charge is 0.338 e. The van der Waals surface area contributed by atoms with E-state index in [1.54, 1.807) is 6.08 Å². The number of rotatable bonds is 1. The first kappa shape index (κ1) is 6.67. The van der Waals surface area contributed by atoms with Crippen molar-refractivity contribution in [3.8, 4) is 0 Å². The maximum Gasteiger partial charge on any atom is 0.338 e. The summed E-state index contributed by atoms with van der Waals surface area (Å²) in [4.78, 5) is 19.1. The highest BCUT2D eigenvalue weighted by atomic mass is 17.2. The van der Waals surface area contributed by atoms with Crippen LogP contribution in [0.5, 0.6) is 0 Å². The van der Waals surface area contributed by atoms with E-state index in [0.717, 1.165) is 0 Å². The minimum atomic E-state index is -0.440. The molecule has 10 heavy (non-hydrogen) atoms. The molecule has 4 nitrogen and oxygen atoms in total. The van der Waals surface area contributed by atoms with E-state index in [0.29, 0.717) is 0 Å². The molecule has 0 saturated carbocycles. The van der Waals surface area contributed by atoms with Crippen molar-refractivity contribution in [1.29, 1.82) is 0 Å². The maximum atomic E-state index is 10.3. The summed E-state index contributed by atoms with van der Waals surface area (Å²) in [5.41, 5.74) is 0. The lowest BCUT2D eigenvalue weighted by Crippen LogP contribution is -2.03. The molecule has 0 radical (unpaired) electrons. The number of ether oxygens (including phenoxy) is 1. The summed E-state index contributed by atoms with van der Waals surface area (Å²) in [6.07, 6.45) is 4.36. The molecule has 0 N–H and O–H groups in total. The third kappa shape index (κ3) is 1.81. The Morgan fingerprint density at radius 2 is 2.50 bits per heavy atom. The predicted molar refractivity (Wildman–Crippen MR) is 31.2 cm³/mol. The van der Waals surface area contributed by atoms with Crippen LogP contribution in [-0.4, -0.2) is 5.97 Å². The molecule has 4 heteroatoms. The monoisotopic (exact) mass is 142 g/mol. The topological polar surface area (TPSA) is 44.8 Å². The van der Waals surface area contributed by atoms with Gasteiger partial charge in [-0.2, -0.15) is 0 Å². The summed E-state index contributed by atoms with van der Waals surface area (Å²) in [5.74, 6) is -0.389. The van der Waals surface area contributed by atoms with E-state index in [1.165, 1.54) is 19.3 Å². The molecule has 0 aliphatic carbocycles. The van der Waals surface area contributed by atoms with E-state index in [4.69, 9.17) is 0 Å². The molecule has 1 aliphatic rings. The highest BCUT2D eigenvalue weighted by Crippen LogP contribution is 2.06. The van der Waals surface area contributed by atoms with Crippen molar-refractivity contribution >= 4 is 5.97 Å². The van der Waals surface area contributed by atoms with Crippen molar-refractivity contribution in [1.82, 2.24) is 0 Å². The predicted octanol–water partition coefficient (Wildman–Crippen LogP) is 0.866. The average molecular weight is 142 g/mol. The molecule has 1 rings (SSSR count). The average Bonchev–Trinajstić information content (AvgIpc) is 1.88. The number of hydrogen-bond donors (Lipinski definition) is 0. The zero-order valence-corrected chi connectivity index (χ0v) is 5.37. The third-order valence-electron chi connectivity index (χ3n) is 0.741. The molecule has 0 unspecified atom stereocenters. The molecule has 0 aromatic rings. The Morgan fingerprint density at radius 1 is 1.70 bits per heavy atom. The Hall–Kier alpha value is -1.45. The van der Waals surface area contributed by atoms with E-state index < -0.39 is 5.97 Å². The molecule has 0 amide bonds. The van der Waals surface area contributed by atoms with Gasteiger partial charge in [-0.25, -0.2) is 0 Å². The molecule has 0 spiro atoms. The molecular formula is C6H6O4. The lowest BCUT2D eigenvalue weighted by Gasteiger charge is -2.06. The van der Waals surface area contributed by atoms with E-state index >= 15 is 0 Å². The van der Waals surface area contributed by atoms with Gasteiger partial charge in [-0.3, -0.25) is 14.6 Å². The van der Waals surface area contributed by atoms with Gasteiger partial charge in [0.2, 0.25) is 0 Å². The minimum Gasteiger partial charge on any atom is -0.390 e. The summed E-state index contributed by atoms with van der Waals surface area (Å²) in [6, 6.07) is 0. The number of carbonyl (C=O) groups is 1. The van der Waals surface area contributed by atoms with Gasteiger partial charge in [0.05, 0.1) is 0 Å². The van der Waals surface area contributed by atoms with Crippen LogP contribution >= 0.6 is 0 Å². The van der Waals surface area contributed by atoms with Gasteiger partial charge in [-0.05, 0) is 6.08 Å². The molecule has 0 aromatic carbocycles. The fraction of sp³-hybridized carbons (Fsp3) is 0.167. The van der Waals surface area contributed by atoms with Crippen molar-refractivity contribution in [2.45, 2.75) is 6.92 Å². The van der Waals surface area contributed by atoms with Crippen molar-refractivity contribution in [2.75, 3.05) is 0 Å². The largest absolute Gasteiger partial charge is 0.390 e. The van der Waals surface area contributed by atoms with Gasteiger partial charge < -0.3 is 4.74 Å². The summed E-state index contributed by atoms with van der Waals surface area (Å²) < 4.78 is 4.51. The molecule has 0 atom stereocenters. The summed E-state index contributed by atoms with van der Waals surface area (Å²) in [5, 5.41) is 0. The molecule has 0 aromatic heterocycles. The van der Waals surface area contributed by atoms with E-state index in [-0.39, 0.29) is 5.95 Å². The van der Waals surface area contributed by atoms with Crippen LogP contribution in [-0.2, 0) is 19.3 Å². The molecule has 0 saturated heterocycles. The fourth-order valence-corrected chi connectivity index (χ4v) is 0.446. The van der Waals surface area contributed by atoms with Crippen LogP contribution in [0.15, 0.2) is 24.4 Å². The van der Waals surface area contributed by atoms with Crippen LogP contribution in [0.4, 0.5) is 0 Å². The van der Waals surface area contributed by atoms with E-state index in [9.17, 15) is 4.79 Å². The highest BCUT2D eigenvalue weighted by molar-refractivity contribution is 5.67. The lowest BCUT2D eigenvalue weighted by molar-refractivity contribution is -0.249. The number of esters is 1. The van der Waals surface area contributed by atoms with Crippen LogP contribution in [0.1, 0.15) is 6.92 Å². The Labute approximate surface area is 57.6 Å². The highest BCUT2D eigenvalue weighted by Gasteiger charge is 2.05. The summed E-state index contributed by atoms with van der Waals surface area (Å²) in [6.45, 7) is 1.28. The number of allylic oxidation sites excluding steroid dienone is 2. The van der Waals surface area contributed by atoms with Gasteiger partial charge in [-0.1, -0.05) is 0 Å². The second-order valence-electron chi connectivity index (χ2n) is 1.59. The second kappa shape index (κ2) is 2.91. The standard InChI is InChI=1S/C6H6O4/c1-5(7)9-6-3-2-4-8-10-6/h2-4H,1H3. The molecular weight excluding hydrogens is 136 g/mol. The second-order valence-corrected chi connectivity index (χ2v) is 1.59. The maximum absolute atomic E-state index is 10.3. The lowest BCUT2D eigenvalue weighted by atomic mass is 10.6. The first-order chi connectivity index (χ1) is 4.79. The normalized spacial score (nSPS) is 14.7. The number of carbonyl (C=O) groups excluding carboxylic acids is 1.